The van der Waals surface area contributed by atoms with Gasteiger partial charge in [-0.2, -0.15) is 0 Å². The number of carbonyl (C=O) groups is 3. The molecule has 0 radical (unpaired) electrons. The molecule has 7 heteroatoms. The van der Waals surface area contributed by atoms with E-state index >= 15 is 0 Å². The summed E-state index contributed by atoms with van der Waals surface area (Å²) >= 11 is 0. The summed E-state index contributed by atoms with van der Waals surface area (Å²) in [5.74, 6) is -0.537. The summed E-state index contributed by atoms with van der Waals surface area (Å²) in [6, 6.07) is 22.6. The average molecular weight is 479 g/mol. The fourth-order valence-corrected chi connectivity index (χ4v) is 4.35. The highest BCUT2D eigenvalue weighted by atomic mass is 16.2. The van der Waals surface area contributed by atoms with Crippen LogP contribution in [0.25, 0.3) is 17.0 Å². The first-order valence-corrected chi connectivity index (χ1v) is 11.7. The summed E-state index contributed by atoms with van der Waals surface area (Å²) < 4.78 is 1.85. The molecular formula is C29H26N4O3. The molecule has 1 fully saturated rings. The van der Waals surface area contributed by atoms with Gasteiger partial charge in [-0.25, -0.2) is 4.79 Å². The first-order chi connectivity index (χ1) is 17.4. The zero-order valence-electron chi connectivity index (χ0n) is 20.1. The quantitative estimate of drug-likeness (QED) is 0.303. The van der Waals surface area contributed by atoms with E-state index in [0.717, 1.165) is 38.8 Å². The normalized spacial score (nSPS) is 14.5. The molecule has 36 heavy (non-hydrogen) atoms. The Kier molecular flexibility index (Phi) is 6.12. The zero-order valence-corrected chi connectivity index (χ0v) is 20.1. The molecule has 4 amide bonds. The van der Waals surface area contributed by atoms with Gasteiger partial charge in [-0.05, 0) is 49.2 Å². The Bertz CT molecular complexity index is 1520. The molecule has 5 rings (SSSR count). The molecule has 0 aliphatic carbocycles. The molecule has 0 saturated carbocycles. The molecule has 0 unspecified atom stereocenters. The van der Waals surface area contributed by atoms with Crippen molar-refractivity contribution in [3.8, 4) is 0 Å². The molecule has 3 aromatic carbocycles. The van der Waals surface area contributed by atoms with Gasteiger partial charge in [0.25, 0.3) is 5.91 Å². The van der Waals surface area contributed by atoms with E-state index in [0.29, 0.717) is 0 Å². The van der Waals surface area contributed by atoms with Gasteiger partial charge >= 0.3 is 6.03 Å². The Hall–Kier alpha value is -4.65. The first-order valence-electron chi connectivity index (χ1n) is 11.7. The third-order valence-corrected chi connectivity index (χ3v) is 6.16. The number of imide groups is 1. The van der Waals surface area contributed by atoms with Crippen molar-refractivity contribution in [2.75, 3.05) is 5.32 Å². The number of amides is 4. The van der Waals surface area contributed by atoms with Crippen molar-refractivity contribution in [1.29, 1.82) is 0 Å². The Morgan fingerprint density at radius 3 is 2.50 bits per heavy atom. The Morgan fingerprint density at radius 2 is 1.72 bits per heavy atom. The van der Waals surface area contributed by atoms with Crippen molar-refractivity contribution in [1.82, 2.24) is 14.8 Å². The number of anilines is 1. The van der Waals surface area contributed by atoms with Gasteiger partial charge in [-0.15, -0.1) is 0 Å². The van der Waals surface area contributed by atoms with E-state index in [1.807, 2.05) is 97.4 Å². The lowest BCUT2D eigenvalue weighted by molar-refractivity contribution is -0.123. The maximum Gasteiger partial charge on any atom is 0.329 e. The van der Waals surface area contributed by atoms with Crippen LogP contribution in [0.2, 0.25) is 0 Å². The van der Waals surface area contributed by atoms with E-state index < -0.39 is 6.03 Å². The van der Waals surface area contributed by atoms with Crippen LogP contribution in [0.1, 0.15) is 22.3 Å². The molecule has 1 saturated heterocycles. The second kappa shape index (κ2) is 9.54. The highest BCUT2D eigenvalue weighted by Gasteiger charge is 2.33. The standard InChI is InChI=1S/C29H26N4O3/c1-19-10-12-21(13-11-19)16-33-28(35)25(31-29(33)36)15-22-17-32(26-9-4-3-8-24(22)26)18-27(34)30-23-7-5-6-20(2)14-23/h3-15,17H,16,18H2,1-2H3,(H,30,34)(H,31,36)/b25-15+. The molecule has 0 spiro atoms. The van der Waals surface area contributed by atoms with Crippen molar-refractivity contribution < 1.29 is 14.4 Å². The van der Waals surface area contributed by atoms with Crippen LogP contribution in [0.5, 0.6) is 0 Å². The zero-order chi connectivity index (χ0) is 25.2. The van der Waals surface area contributed by atoms with Gasteiger partial charge in [-0.1, -0.05) is 60.2 Å². The number of urea groups is 1. The molecule has 1 aliphatic heterocycles. The minimum atomic E-state index is -0.451. The lowest BCUT2D eigenvalue weighted by Crippen LogP contribution is -2.30. The van der Waals surface area contributed by atoms with Crippen LogP contribution in [-0.4, -0.2) is 27.3 Å². The van der Waals surface area contributed by atoms with Gasteiger partial charge in [0.1, 0.15) is 12.2 Å². The second-order valence-corrected chi connectivity index (χ2v) is 9.01. The second-order valence-electron chi connectivity index (χ2n) is 9.01. The number of benzene rings is 3. The van der Waals surface area contributed by atoms with Crippen LogP contribution >= 0.6 is 0 Å². The molecular weight excluding hydrogens is 452 g/mol. The molecule has 180 valence electrons. The molecule has 1 aliphatic rings. The van der Waals surface area contributed by atoms with Crippen molar-refractivity contribution >= 4 is 40.5 Å². The maximum absolute atomic E-state index is 13.0. The largest absolute Gasteiger partial charge is 0.337 e. The first kappa shape index (κ1) is 23.1. The minimum absolute atomic E-state index is 0.109. The number of para-hydroxylation sites is 1. The topological polar surface area (TPSA) is 83.4 Å². The number of aryl methyl sites for hydroxylation is 2. The lowest BCUT2D eigenvalue weighted by atomic mass is 10.1. The monoisotopic (exact) mass is 478 g/mol. The number of carbonyl (C=O) groups excluding carboxylic acids is 3. The van der Waals surface area contributed by atoms with Crippen molar-refractivity contribution in [3.05, 3.63) is 107 Å². The fourth-order valence-electron chi connectivity index (χ4n) is 4.35. The maximum atomic E-state index is 13.0. The van der Waals surface area contributed by atoms with Gasteiger partial charge < -0.3 is 15.2 Å². The van der Waals surface area contributed by atoms with Gasteiger partial charge in [0.05, 0.1) is 6.54 Å². The van der Waals surface area contributed by atoms with Crippen molar-refractivity contribution in [3.63, 3.8) is 0 Å². The third-order valence-electron chi connectivity index (χ3n) is 6.16. The van der Waals surface area contributed by atoms with E-state index in [1.165, 1.54) is 4.90 Å². The number of nitrogens with one attached hydrogen (secondary N) is 2. The van der Waals surface area contributed by atoms with E-state index in [1.54, 1.807) is 6.08 Å². The van der Waals surface area contributed by atoms with Crippen LogP contribution in [0.3, 0.4) is 0 Å². The van der Waals surface area contributed by atoms with Gasteiger partial charge in [0, 0.05) is 28.4 Å². The molecule has 1 aromatic heterocycles. The molecule has 2 N–H and O–H groups in total. The number of nitrogens with zero attached hydrogens (tertiary/aromatic N) is 2. The van der Waals surface area contributed by atoms with E-state index in [4.69, 9.17) is 0 Å². The van der Waals surface area contributed by atoms with Crippen LogP contribution in [0, 0.1) is 13.8 Å². The fraction of sp³-hybridized carbons (Fsp3) is 0.138. The lowest BCUT2D eigenvalue weighted by Gasteiger charge is -2.11. The number of hydrogen-bond donors (Lipinski definition) is 2. The summed E-state index contributed by atoms with van der Waals surface area (Å²) in [4.78, 5) is 39.6. The molecule has 0 atom stereocenters. The van der Waals surface area contributed by atoms with Gasteiger partial charge in [-0.3, -0.25) is 14.5 Å². The van der Waals surface area contributed by atoms with E-state index in [9.17, 15) is 14.4 Å². The van der Waals surface area contributed by atoms with Crippen LogP contribution < -0.4 is 10.6 Å². The Morgan fingerprint density at radius 1 is 0.944 bits per heavy atom. The SMILES string of the molecule is Cc1ccc(CN2C(=O)N/C(=C/c3cn(CC(=O)Nc4cccc(C)c4)c4ccccc34)C2=O)cc1. The predicted molar refractivity (Wildman–Crippen MR) is 140 cm³/mol. The van der Waals surface area contributed by atoms with E-state index in [2.05, 4.69) is 10.6 Å². The number of rotatable bonds is 6. The number of aromatic nitrogens is 1. The Balaban J connectivity index is 1.39. The molecule has 7 nitrogen and oxygen atoms in total. The smallest absolute Gasteiger partial charge is 0.329 e. The average Bonchev–Trinajstić information content (AvgIpc) is 3.32. The summed E-state index contributed by atoms with van der Waals surface area (Å²) in [5.41, 5.74) is 5.60. The number of hydrogen-bond acceptors (Lipinski definition) is 3. The predicted octanol–water partition coefficient (Wildman–Crippen LogP) is 4.99. The molecule has 4 aromatic rings. The van der Waals surface area contributed by atoms with Gasteiger partial charge in [0.15, 0.2) is 0 Å². The highest BCUT2D eigenvalue weighted by molar-refractivity contribution is 6.14. The highest BCUT2D eigenvalue weighted by Crippen LogP contribution is 2.25. The number of fused-ring (bicyclic) bond motifs is 1. The van der Waals surface area contributed by atoms with Crippen molar-refractivity contribution in [2.45, 2.75) is 26.9 Å². The summed E-state index contributed by atoms with van der Waals surface area (Å²) in [6.45, 7) is 4.27. The molecule has 0 bridgehead atoms. The van der Waals surface area contributed by atoms with Gasteiger partial charge in [0.2, 0.25) is 5.91 Å². The van der Waals surface area contributed by atoms with Crippen LogP contribution in [0.4, 0.5) is 10.5 Å². The Labute approximate surface area is 209 Å². The summed E-state index contributed by atoms with van der Waals surface area (Å²) in [7, 11) is 0. The van der Waals surface area contributed by atoms with E-state index in [-0.39, 0.29) is 30.6 Å². The third kappa shape index (κ3) is 4.77. The molecule has 2 heterocycles. The summed E-state index contributed by atoms with van der Waals surface area (Å²) in [5, 5.41) is 6.51. The minimum Gasteiger partial charge on any atom is -0.337 e. The van der Waals surface area contributed by atoms with Crippen LogP contribution in [0.15, 0.2) is 84.7 Å². The van der Waals surface area contributed by atoms with Crippen molar-refractivity contribution in [2.24, 2.45) is 0 Å². The summed E-state index contributed by atoms with van der Waals surface area (Å²) in [6.07, 6.45) is 3.50. The van der Waals surface area contributed by atoms with Crippen LogP contribution in [-0.2, 0) is 22.7 Å².